The van der Waals surface area contributed by atoms with Gasteiger partial charge in [-0.2, -0.15) is 13.2 Å². The van der Waals surface area contributed by atoms with E-state index in [1.807, 2.05) is 12.1 Å². The Kier molecular flexibility index (Phi) is 8.58. The van der Waals surface area contributed by atoms with Gasteiger partial charge >= 0.3 is 6.18 Å². The van der Waals surface area contributed by atoms with Crippen molar-refractivity contribution in [2.75, 3.05) is 26.2 Å². The summed E-state index contributed by atoms with van der Waals surface area (Å²) in [6.45, 7) is 3.26. The number of rotatable bonds is 4. The van der Waals surface area contributed by atoms with Crippen LogP contribution in [0.4, 0.5) is 13.2 Å². The first-order chi connectivity index (χ1) is 8.56. The summed E-state index contributed by atoms with van der Waals surface area (Å²) in [6.07, 6.45) is -2.94. The van der Waals surface area contributed by atoms with Crippen LogP contribution in [0, 0.1) is 0 Å². The lowest BCUT2D eigenvalue weighted by Gasteiger charge is -2.34. The first-order valence-corrected chi connectivity index (χ1v) is 6.21. The number of hydrogen-bond acceptors (Lipinski definition) is 2. The maximum Gasteiger partial charge on any atom is 0.389 e. The number of alkyl halides is 3. The molecule has 0 aromatic carbocycles. The second-order valence-electron chi connectivity index (χ2n) is 4.58. The van der Waals surface area contributed by atoms with E-state index in [1.165, 1.54) is 0 Å². The Morgan fingerprint density at radius 1 is 1.20 bits per heavy atom. The molecule has 1 fully saturated rings. The minimum Gasteiger partial charge on any atom is -0.364 e. The minimum atomic E-state index is -4.08. The first kappa shape index (κ1) is 19.6. The van der Waals surface area contributed by atoms with E-state index in [0.29, 0.717) is 0 Å². The third-order valence-corrected chi connectivity index (χ3v) is 3.27. The number of nitrogens with zero attached hydrogens (tertiary/aromatic N) is 1. The third-order valence-electron chi connectivity index (χ3n) is 3.27. The fraction of sp³-hybridized carbons (Fsp3) is 0.667. The highest BCUT2D eigenvalue weighted by molar-refractivity contribution is 5.85. The number of H-pyrrole nitrogens is 1. The number of piperazine rings is 1. The Bertz CT molecular complexity index is 351. The Balaban J connectivity index is 0.00000180. The van der Waals surface area contributed by atoms with Crippen LogP contribution in [0.2, 0.25) is 0 Å². The zero-order valence-corrected chi connectivity index (χ0v) is 12.6. The molecule has 1 aliphatic heterocycles. The van der Waals surface area contributed by atoms with Gasteiger partial charge in [0.2, 0.25) is 0 Å². The van der Waals surface area contributed by atoms with E-state index in [9.17, 15) is 13.2 Å². The second-order valence-corrected chi connectivity index (χ2v) is 4.58. The molecule has 0 bridgehead atoms. The summed E-state index contributed by atoms with van der Waals surface area (Å²) < 4.78 is 37.2. The van der Waals surface area contributed by atoms with Gasteiger partial charge < -0.3 is 10.3 Å². The Labute approximate surface area is 129 Å². The van der Waals surface area contributed by atoms with Gasteiger partial charge in [0.05, 0.1) is 6.04 Å². The summed E-state index contributed by atoms with van der Waals surface area (Å²) >= 11 is 0. The molecule has 8 heteroatoms. The summed E-state index contributed by atoms with van der Waals surface area (Å²) in [6, 6.07) is 3.53. The standard InChI is InChI=1S/C12H18F3N3.2ClH/c13-12(14,15)4-3-11(10-2-1-5-17-10)18-8-6-16-7-9-18;;/h1-2,5,11,16-17H,3-4,6-9H2;2*1H/t11-;;/m1../s1. The Morgan fingerprint density at radius 3 is 2.35 bits per heavy atom. The Morgan fingerprint density at radius 2 is 1.85 bits per heavy atom. The summed E-state index contributed by atoms with van der Waals surface area (Å²) in [5, 5.41) is 3.21. The van der Waals surface area contributed by atoms with Gasteiger partial charge in [-0.1, -0.05) is 0 Å². The predicted molar refractivity (Wildman–Crippen MR) is 77.8 cm³/mol. The van der Waals surface area contributed by atoms with Gasteiger partial charge in [0.1, 0.15) is 0 Å². The maximum absolute atomic E-state index is 12.4. The Hall–Kier alpha value is -0.430. The average molecular weight is 334 g/mol. The molecule has 1 saturated heterocycles. The van der Waals surface area contributed by atoms with Crippen LogP contribution in [0.1, 0.15) is 24.6 Å². The van der Waals surface area contributed by atoms with Crippen molar-refractivity contribution in [3.05, 3.63) is 24.0 Å². The third kappa shape index (κ3) is 5.91. The molecule has 0 saturated carbocycles. The highest BCUT2D eigenvalue weighted by Crippen LogP contribution is 2.30. The molecular weight excluding hydrogens is 314 g/mol. The van der Waals surface area contributed by atoms with E-state index in [1.54, 1.807) is 6.20 Å². The van der Waals surface area contributed by atoms with Crippen molar-refractivity contribution in [2.45, 2.75) is 25.1 Å². The molecule has 0 unspecified atom stereocenters. The smallest absolute Gasteiger partial charge is 0.364 e. The molecule has 1 atom stereocenters. The van der Waals surface area contributed by atoms with Crippen molar-refractivity contribution in [3.8, 4) is 0 Å². The highest BCUT2D eigenvalue weighted by atomic mass is 35.5. The molecule has 0 radical (unpaired) electrons. The first-order valence-electron chi connectivity index (χ1n) is 6.21. The minimum absolute atomic E-state index is 0. The molecule has 2 N–H and O–H groups in total. The lowest BCUT2D eigenvalue weighted by Crippen LogP contribution is -2.45. The molecule has 1 aromatic heterocycles. The largest absolute Gasteiger partial charge is 0.389 e. The summed E-state index contributed by atoms with van der Waals surface area (Å²) in [5.74, 6) is 0. The fourth-order valence-electron chi connectivity index (χ4n) is 2.38. The van der Waals surface area contributed by atoms with Crippen LogP contribution >= 0.6 is 24.8 Å². The lowest BCUT2D eigenvalue weighted by molar-refractivity contribution is -0.138. The normalized spacial score (nSPS) is 17.9. The quantitative estimate of drug-likeness (QED) is 0.886. The zero-order valence-electron chi connectivity index (χ0n) is 10.9. The van der Waals surface area contributed by atoms with Crippen molar-refractivity contribution in [3.63, 3.8) is 0 Å². The van der Waals surface area contributed by atoms with E-state index in [-0.39, 0.29) is 37.3 Å². The predicted octanol–water partition coefficient (Wildman–Crippen LogP) is 3.15. The summed E-state index contributed by atoms with van der Waals surface area (Å²) in [4.78, 5) is 5.16. The maximum atomic E-state index is 12.4. The van der Waals surface area contributed by atoms with Gasteiger partial charge in [-0.25, -0.2) is 0 Å². The van der Waals surface area contributed by atoms with E-state index >= 15 is 0 Å². The van der Waals surface area contributed by atoms with Crippen LogP contribution in [-0.2, 0) is 0 Å². The van der Waals surface area contributed by atoms with Crippen LogP contribution < -0.4 is 5.32 Å². The van der Waals surface area contributed by atoms with E-state index in [4.69, 9.17) is 0 Å². The molecule has 0 aliphatic carbocycles. The van der Waals surface area contributed by atoms with Gasteiger partial charge in [-0.3, -0.25) is 4.90 Å². The van der Waals surface area contributed by atoms with Gasteiger partial charge in [-0.05, 0) is 18.6 Å². The number of hydrogen-bond donors (Lipinski definition) is 2. The molecule has 2 heterocycles. The van der Waals surface area contributed by atoms with Crippen molar-refractivity contribution in [2.24, 2.45) is 0 Å². The van der Waals surface area contributed by atoms with Crippen LogP contribution in [-0.4, -0.2) is 42.2 Å². The fourth-order valence-corrected chi connectivity index (χ4v) is 2.38. The van der Waals surface area contributed by atoms with Crippen LogP contribution in [0.3, 0.4) is 0 Å². The molecule has 3 nitrogen and oxygen atoms in total. The lowest BCUT2D eigenvalue weighted by atomic mass is 10.1. The van der Waals surface area contributed by atoms with Crippen LogP contribution in [0.25, 0.3) is 0 Å². The average Bonchev–Trinajstić information content (AvgIpc) is 2.83. The molecule has 20 heavy (non-hydrogen) atoms. The van der Waals surface area contributed by atoms with E-state index in [0.717, 1.165) is 31.9 Å². The number of aromatic amines is 1. The molecule has 118 valence electrons. The molecule has 2 rings (SSSR count). The van der Waals surface area contributed by atoms with Gasteiger partial charge in [-0.15, -0.1) is 24.8 Å². The van der Waals surface area contributed by atoms with E-state index < -0.39 is 12.6 Å². The molecule has 0 amide bonds. The van der Waals surface area contributed by atoms with Gasteiger partial charge in [0.15, 0.2) is 0 Å². The highest BCUT2D eigenvalue weighted by Gasteiger charge is 2.31. The van der Waals surface area contributed by atoms with Crippen LogP contribution in [0.15, 0.2) is 18.3 Å². The summed E-state index contributed by atoms with van der Waals surface area (Å²) in [5.41, 5.74) is 0.876. The van der Waals surface area contributed by atoms with Crippen molar-refractivity contribution in [1.29, 1.82) is 0 Å². The number of halogens is 5. The van der Waals surface area contributed by atoms with Gasteiger partial charge in [0, 0.05) is 44.5 Å². The molecular formula is C12H20Cl2F3N3. The molecule has 1 aromatic rings. The number of aromatic nitrogens is 1. The zero-order chi connectivity index (χ0) is 13.0. The SMILES string of the molecule is Cl.Cl.FC(F)(F)CC[C@H](c1ccc[nH]1)N1CCNCC1. The molecule has 1 aliphatic rings. The summed E-state index contributed by atoms with van der Waals surface area (Å²) in [7, 11) is 0. The van der Waals surface area contributed by atoms with Crippen LogP contribution in [0.5, 0.6) is 0 Å². The molecule has 0 spiro atoms. The topological polar surface area (TPSA) is 31.1 Å². The van der Waals surface area contributed by atoms with Crippen molar-refractivity contribution in [1.82, 2.24) is 15.2 Å². The second kappa shape index (κ2) is 8.77. The van der Waals surface area contributed by atoms with Crippen molar-refractivity contribution >= 4 is 24.8 Å². The number of nitrogens with one attached hydrogen (secondary N) is 2. The van der Waals surface area contributed by atoms with E-state index in [2.05, 4.69) is 15.2 Å². The van der Waals surface area contributed by atoms with Crippen molar-refractivity contribution < 1.29 is 13.2 Å². The monoisotopic (exact) mass is 333 g/mol. The van der Waals surface area contributed by atoms with Gasteiger partial charge in [0.25, 0.3) is 0 Å².